The number of aromatic nitrogens is 3. The number of hydrogen-bond acceptors (Lipinski definition) is 4. The van der Waals surface area contributed by atoms with Gasteiger partial charge in [-0.1, -0.05) is 0 Å². The Hall–Kier alpha value is -1.62. The molecule has 0 radical (unpaired) electrons. The van der Waals surface area contributed by atoms with Gasteiger partial charge in [-0.25, -0.2) is 9.97 Å². The fourth-order valence-corrected chi connectivity index (χ4v) is 2.03. The van der Waals surface area contributed by atoms with Gasteiger partial charge in [-0.2, -0.15) is 0 Å². The summed E-state index contributed by atoms with van der Waals surface area (Å²) >= 11 is 0. The Morgan fingerprint density at radius 1 is 1.47 bits per heavy atom. The van der Waals surface area contributed by atoms with E-state index < -0.39 is 0 Å². The third-order valence-electron chi connectivity index (χ3n) is 2.84. The van der Waals surface area contributed by atoms with Crippen molar-refractivity contribution in [1.29, 1.82) is 0 Å². The van der Waals surface area contributed by atoms with Gasteiger partial charge in [-0.15, -0.1) is 0 Å². The number of anilines is 1. The predicted octanol–water partition coefficient (Wildman–Crippen LogP) is 0.975. The van der Waals surface area contributed by atoms with E-state index >= 15 is 0 Å². The van der Waals surface area contributed by atoms with Gasteiger partial charge in [-0.05, 0) is 12.5 Å². The first-order valence-corrected chi connectivity index (χ1v) is 5.01. The van der Waals surface area contributed by atoms with Gasteiger partial charge in [0.25, 0.3) is 0 Å². The van der Waals surface area contributed by atoms with Crippen LogP contribution in [0, 0.1) is 0 Å². The Balaban J connectivity index is 2.15. The van der Waals surface area contributed by atoms with Crippen LogP contribution in [0.15, 0.2) is 18.6 Å². The molecule has 1 saturated heterocycles. The normalized spacial score (nSPS) is 21.2. The van der Waals surface area contributed by atoms with Crippen LogP contribution in [0.1, 0.15) is 12.5 Å². The molecule has 1 aliphatic rings. The van der Waals surface area contributed by atoms with Gasteiger partial charge < -0.3 is 15.0 Å². The maximum atomic E-state index is 5.77. The lowest BCUT2D eigenvalue weighted by Gasteiger charge is -2.10. The summed E-state index contributed by atoms with van der Waals surface area (Å²) in [6.07, 6.45) is 4.55. The van der Waals surface area contributed by atoms with E-state index in [1.807, 2.05) is 12.3 Å². The molecule has 1 unspecified atom stereocenters. The highest BCUT2D eigenvalue weighted by Gasteiger charge is 2.19. The second-order valence-corrected chi connectivity index (χ2v) is 3.74. The van der Waals surface area contributed by atoms with E-state index in [0.29, 0.717) is 11.9 Å². The van der Waals surface area contributed by atoms with Gasteiger partial charge in [0.15, 0.2) is 0 Å². The Bertz CT molecular complexity index is 487. The van der Waals surface area contributed by atoms with Crippen LogP contribution >= 0.6 is 0 Å². The largest absolute Gasteiger partial charge is 0.383 e. The van der Waals surface area contributed by atoms with Gasteiger partial charge in [-0.3, -0.25) is 0 Å². The molecule has 78 valence electrons. The zero-order chi connectivity index (χ0) is 10.3. The number of ether oxygens (including phenoxy) is 1. The maximum Gasteiger partial charge on any atom is 0.145 e. The Morgan fingerprint density at radius 3 is 3.20 bits per heavy atom. The van der Waals surface area contributed by atoms with Crippen LogP contribution < -0.4 is 5.73 Å². The fourth-order valence-electron chi connectivity index (χ4n) is 2.03. The summed E-state index contributed by atoms with van der Waals surface area (Å²) in [4.78, 5) is 8.23. The SMILES string of the molecule is Nc1ncnc2c1ccn2C1CCOC1. The van der Waals surface area contributed by atoms with E-state index in [9.17, 15) is 0 Å². The highest BCUT2D eigenvalue weighted by atomic mass is 16.5. The number of nitrogens with zero attached hydrogens (tertiary/aromatic N) is 3. The average molecular weight is 204 g/mol. The molecule has 5 nitrogen and oxygen atoms in total. The lowest BCUT2D eigenvalue weighted by molar-refractivity contribution is 0.187. The van der Waals surface area contributed by atoms with Crippen LogP contribution in [0.4, 0.5) is 5.82 Å². The van der Waals surface area contributed by atoms with Gasteiger partial charge in [0, 0.05) is 12.8 Å². The molecule has 5 heteroatoms. The zero-order valence-electron chi connectivity index (χ0n) is 8.26. The van der Waals surface area contributed by atoms with Crippen molar-refractivity contribution in [3.8, 4) is 0 Å². The highest BCUT2D eigenvalue weighted by molar-refractivity contribution is 5.86. The van der Waals surface area contributed by atoms with Crippen molar-refractivity contribution in [2.75, 3.05) is 18.9 Å². The molecule has 1 fully saturated rings. The number of fused-ring (bicyclic) bond motifs is 1. The lowest BCUT2D eigenvalue weighted by atomic mass is 10.2. The summed E-state index contributed by atoms with van der Waals surface area (Å²) in [5, 5.41) is 0.921. The molecule has 3 heterocycles. The van der Waals surface area contributed by atoms with Gasteiger partial charge in [0.05, 0.1) is 18.0 Å². The van der Waals surface area contributed by atoms with Crippen molar-refractivity contribution in [1.82, 2.24) is 14.5 Å². The van der Waals surface area contributed by atoms with E-state index in [-0.39, 0.29) is 0 Å². The molecule has 3 rings (SSSR count). The fraction of sp³-hybridized carbons (Fsp3) is 0.400. The molecule has 2 aromatic heterocycles. The summed E-state index contributed by atoms with van der Waals surface area (Å²) in [5.41, 5.74) is 6.67. The Kier molecular flexibility index (Phi) is 1.85. The molecule has 0 aliphatic carbocycles. The molecule has 0 aromatic carbocycles. The first-order valence-electron chi connectivity index (χ1n) is 5.01. The molecule has 0 spiro atoms. The Labute approximate surface area is 86.9 Å². The third kappa shape index (κ3) is 1.27. The number of nitrogens with two attached hydrogens (primary N) is 1. The molecule has 0 saturated carbocycles. The summed E-state index contributed by atoms with van der Waals surface area (Å²) in [7, 11) is 0. The number of nitrogen functional groups attached to an aromatic ring is 1. The molecular weight excluding hydrogens is 192 g/mol. The van der Waals surface area contributed by atoms with E-state index in [0.717, 1.165) is 30.7 Å². The molecule has 2 N–H and O–H groups in total. The van der Waals surface area contributed by atoms with E-state index in [1.54, 1.807) is 0 Å². The molecule has 2 aromatic rings. The smallest absolute Gasteiger partial charge is 0.145 e. The predicted molar refractivity (Wildman–Crippen MR) is 56.4 cm³/mol. The van der Waals surface area contributed by atoms with Crippen LogP contribution in [0.25, 0.3) is 11.0 Å². The van der Waals surface area contributed by atoms with Crippen molar-refractivity contribution in [2.45, 2.75) is 12.5 Å². The van der Waals surface area contributed by atoms with E-state index in [4.69, 9.17) is 10.5 Å². The Morgan fingerprint density at radius 2 is 2.40 bits per heavy atom. The van der Waals surface area contributed by atoms with Gasteiger partial charge in [0.2, 0.25) is 0 Å². The molecule has 0 bridgehead atoms. The van der Waals surface area contributed by atoms with Crippen molar-refractivity contribution < 1.29 is 4.74 Å². The van der Waals surface area contributed by atoms with Crippen molar-refractivity contribution >= 4 is 16.9 Å². The van der Waals surface area contributed by atoms with Gasteiger partial charge >= 0.3 is 0 Å². The topological polar surface area (TPSA) is 66.0 Å². The number of rotatable bonds is 1. The summed E-state index contributed by atoms with van der Waals surface area (Å²) < 4.78 is 7.49. The first kappa shape index (κ1) is 8.67. The molecule has 0 amide bonds. The summed E-state index contributed by atoms with van der Waals surface area (Å²) in [6.45, 7) is 1.58. The van der Waals surface area contributed by atoms with E-state index in [1.165, 1.54) is 6.33 Å². The molecule has 15 heavy (non-hydrogen) atoms. The lowest BCUT2D eigenvalue weighted by Crippen LogP contribution is -2.08. The minimum absolute atomic E-state index is 0.386. The minimum atomic E-state index is 0.386. The zero-order valence-corrected chi connectivity index (χ0v) is 8.26. The molecular formula is C10H12N4O. The van der Waals surface area contributed by atoms with Crippen LogP contribution in [0.2, 0.25) is 0 Å². The summed E-state index contributed by atoms with van der Waals surface area (Å²) in [5.74, 6) is 0.540. The second kappa shape index (κ2) is 3.20. The van der Waals surface area contributed by atoms with Crippen LogP contribution in [0.3, 0.4) is 0 Å². The summed E-state index contributed by atoms with van der Waals surface area (Å²) in [6, 6.07) is 2.35. The second-order valence-electron chi connectivity index (χ2n) is 3.74. The van der Waals surface area contributed by atoms with Crippen LogP contribution in [-0.4, -0.2) is 27.7 Å². The monoisotopic (exact) mass is 204 g/mol. The molecule has 1 aliphatic heterocycles. The minimum Gasteiger partial charge on any atom is -0.383 e. The van der Waals surface area contributed by atoms with Crippen LogP contribution in [0.5, 0.6) is 0 Å². The molecule has 1 atom stereocenters. The van der Waals surface area contributed by atoms with Crippen molar-refractivity contribution in [2.24, 2.45) is 0 Å². The van der Waals surface area contributed by atoms with Crippen molar-refractivity contribution in [3.05, 3.63) is 18.6 Å². The van der Waals surface area contributed by atoms with E-state index in [2.05, 4.69) is 14.5 Å². The highest BCUT2D eigenvalue weighted by Crippen LogP contribution is 2.25. The van der Waals surface area contributed by atoms with Gasteiger partial charge in [0.1, 0.15) is 17.8 Å². The van der Waals surface area contributed by atoms with Crippen LogP contribution in [-0.2, 0) is 4.74 Å². The number of hydrogen-bond donors (Lipinski definition) is 1. The van der Waals surface area contributed by atoms with Crippen molar-refractivity contribution in [3.63, 3.8) is 0 Å². The third-order valence-corrected chi connectivity index (χ3v) is 2.84. The first-order chi connectivity index (χ1) is 7.36. The average Bonchev–Trinajstić information content (AvgIpc) is 2.85. The maximum absolute atomic E-state index is 5.77. The standard InChI is InChI=1S/C10H12N4O/c11-9-8-1-3-14(7-2-4-15-5-7)10(8)13-6-12-9/h1,3,6-7H,2,4-5H2,(H2,11,12,13). The quantitative estimate of drug-likeness (QED) is 0.751.